The lowest BCUT2D eigenvalue weighted by molar-refractivity contribution is -0.192. The van der Waals surface area contributed by atoms with Gasteiger partial charge < -0.3 is 20.4 Å². The first kappa shape index (κ1) is 31.6. The standard InChI is InChI=1S/C23H26F3N5O4.C4H10/c1-14(28-21(35)22(8-9-22)23(24,25)26)20(34)30(2)13-18(32)31-12-15(10-17(31)11-27)19(33)29-16-6-4-3-5-7-16;1-4(2)3/h3-7,14-15,17H,8-10,12-13H2,1-2H3,(H,28,35)(H,29,33);4H,1-3H3. The summed E-state index contributed by atoms with van der Waals surface area (Å²) in [5.74, 6) is -2.74. The molecule has 4 amide bonds. The summed E-state index contributed by atoms with van der Waals surface area (Å²) in [6.07, 6.45) is -5.24. The van der Waals surface area contributed by atoms with E-state index in [2.05, 4.69) is 31.4 Å². The summed E-state index contributed by atoms with van der Waals surface area (Å²) in [5, 5.41) is 14.3. The minimum absolute atomic E-state index is 0.0157. The Labute approximate surface area is 226 Å². The van der Waals surface area contributed by atoms with E-state index in [9.17, 15) is 37.6 Å². The minimum atomic E-state index is -4.70. The topological polar surface area (TPSA) is 123 Å². The predicted molar refractivity (Wildman–Crippen MR) is 138 cm³/mol. The molecule has 1 heterocycles. The number of hydrogen-bond acceptors (Lipinski definition) is 5. The van der Waals surface area contributed by atoms with Crippen LogP contribution in [0, 0.1) is 28.6 Å². The molecule has 39 heavy (non-hydrogen) atoms. The van der Waals surface area contributed by atoms with E-state index in [1.165, 1.54) is 18.9 Å². The van der Waals surface area contributed by atoms with E-state index >= 15 is 0 Å². The summed E-state index contributed by atoms with van der Waals surface area (Å²) >= 11 is 0. The number of alkyl halides is 3. The van der Waals surface area contributed by atoms with Gasteiger partial charge in [-0.15, -0.1) is 0 Å². The van der Waals surface area contributed by atoms with Crippen LogP contribution < -0.4 is 10.6 Å². The Morgan fingerprint density at radius 2 is 1.69 bits per heavy atom. The summed E-state index contributed by atoms with van der Waals surface area (Å²) < 4.78 is 39.4. The number of carbonyl (C=O) groups is 4. The van der Waals surface area contributed by atoms with E-state index in [1.54, 1.807) is 30.3 Å². The molecule has 1 aromatic rings. The molecular formula is C27H36F3N5O4. The molecule has 2 aliphatic rings. The maximum absolute atomic E-state index is 13.1. The van der Waals surface area contributed by atoms with Crippen molar-refractivity contribution in [3.8, 4) is 6.07 Å². The highest BCUT2D eigenvalue weighted by Gasteiger charge is 2.68. The van der Waals surface area contributed by atoms with Crippen molar-refractivity contribution in [3.63, 3.8) is 0 Å². The van der Waals surface area contributed by atoms with E-state index in [4.69, 9.17) is 0 Å². The smallest absolute Gasteiger partial charge is 0.344 e. The third kappa shape index (κ3) is 8.18. The molecule has 9 nitrogen and oxygen atoms in total. The van der Waals surface area contributed by atoms with Crippen molar-refractivity contribution in [2.75, 3.05) is 25.5 Å². The molecule has 12 heteroatoms. The van der Waals surface area contributed by atoms with Gasteiger partial charge in [0.25, 0.3) is 0 Å². The van der Waals surface area contributed by atoms with Gasteiger partial charge in [0.1, 0.15) is 17.5 Å². The molecule has 214 valence electrons. The fraction of sp³-hybridized carbons (Fsp3) is 0.593. The number of amides is 4. The zero-order valence-electron chi connectivity index (χ0n) is 22.8. The molecule has 2 fully saturated rings. The van der Waals surface area contributed by atoms with Crippen LogP contribution in [0.25, 0.3) is 0 Å². The maximum atomic E-state index is 13.1. The van der Waals surface area contributed by atoms with Gasteiger partial charge in [-0.3, -0.25) is 19.2 Å². The van der Waals surface area contributed by atoms with Crippen LogP contribution in [0.1, 0.15) is 47.0 Å². The number of anilines is 1. The van der Waals surface area contributed by atoms with Crippen molar-refractivity contribution < 1.29 is 32.3 Å². The van der Waals surface area contributed by atoms with Crippen molar-refractivity contribution in [1.82, 2.24) is 15.1 Å². The van der Waals surface area contributed by atoms with E-state index in [-0.39, 0.29) is 31.7 Å². The van der Waals surface area contributed by atoms with Gasteiger partial charge in [0.15, 0.2) is 0 Å². The number of halogens is 3. The molecule has 1 saturated heterocycles. The van der Waals surface area contributed by atoms with E-state index in [1.807, 2.05) is 6.07 Å². The van der Waals surface area contributed by atoms with Gasteiger partial charge in [0, 0.05) is 19.3 Å². The van der Waals surface area contributed by atoms with Gasteiger partial charge in [0.05, 0.1) is 18.5 Å². The number of rotatable bonds is 7. The molecule has 0 bridgehead atoms. The number of hydrogen-bond donors (Lipinski definition) is 2. The van der Waals surface area contributed by atoms with Crippen LogP contribution in [0.2, 0.25) is 0 Å². The first-order chi connectivity index (χ1) is 18.1. The predicted octanol–water partition coefficient (Wildman–Crippen LogP) is 3.33. The van der Waals surface area contributed by atoms with E-state index in [0.29, 0.717) is 5.69 Å². The van der Waals surface area contributed by atoms with E-state index in [0.717, 1.165) is 10.8 Å². The highest BCUT2D eigenvalue weighted by Crippen LogP contribution is 2.57. The molecule has 1 aliphatic heterocycles. The summed E-state index contributed by atoms with van der Waals surface area (Å²) in [7, 11) is 1.27. The summed E-state index contributed by atoms with van der Waals surface area (Å²) in [4.78, 5) is 52.3. The summed E-state index contributed by atoms with van der Waals surface area (Å²) in [6, 6.07) is 8.55. The van der Waals surface area contributed by atoms with Crippen molar-refractivity contribution in [1.29, 1.82) is 5.26 Å². The van der Waals surface area contributed by atoms with Gasteiger partial charge in [-0.1, -0.05) is 39.0 Å². The second-order valence-electron chi connectivity index (χ2n) is 10.7. The van der Waals surface area contributed by atoms with Crippen LogP contribution >= 0.6 is 0 Å². The molecule has 1 aliphatic carbocycles. The number of likely N-dealkylation sites (N-methyl/N-ethyl adjacent to an activating group) is 1. The number of para-hydroxylation sites is 1. The molecule has 3 rings (SSSR count). The zero-order valence-corrected chi connectivity index (χ0v) is 22.8. The number of carbonyl (C=O) groups excluding carboxylic acids is 4. The fourth-order valence-corrected chi connectivity index (χ4v) is 4.05. The Bertz CT molecular complexity index is 1080. The number of nitrogens with zero attached hydrogens (tertiary/aromatic N) is 3. The molecule has 2 N–H and O–H groups in total. The van der Waals surface area contributed by atoms with Crippen molar-refractivity contribution in [3.05, 3.63) is 30.3 Å². The average molecular weight is 552 g/mol. The summed E-state index contributed by atoms with van der Waals surface area (Å²) in [5.41, 5.74) is -1.88. The van der Waals surface area contributed by atoms with Crippen LogP contribution in [-0.4, -0.2) is 71.8 Å². The Morgan fingerprint density at radius 3 is 2.18 bits per heavy atom. The summed E-state index contributed by atoms with van der Waals surface area (Å²) in [6.45, 7) is 7.26. The van der Waals surface area contributed by atoms with Gasteiger partial charge in [-0.05, 0) is 44.2 Å². The molecule has 3 atom stereocenters. The fourth-order valence-electron chi connectivity index (χ4n) is 4.05. The van der Waals surface area contributed by atoms with Gasteiger partial charge in [0.2, 0.25) is 23.6 Å². The molecule has 0 radical (unpaired) electrons. The van der Waals surface area contributed by atoms with Crippen LogP contribution in [0.4, 0.5) is 18.9 Å². The number of likely N-dealkylation sites (tertiary alicyclic amines) is 1. The normalized spacial score (nSPS) is 20.2. The SMILES string of the molecule is CC(C)C.CC(NC(=O)C1(C(F)(F)F)CC1)C(=O)N(C)CC(=O)N1CC(C(=O)Nc2ccccc2)CC1C#N. The molecule has 0 spiro atoms. The quantitative estimate of drug-likeness (QED) is 0.538. The monoisotopic (exact) mass is 551 g/mol. The lowest BCUT2D eigenvalue weighted by atomic mass is 10.1. The number of nitriles is 1. The zero-order chi connectivity index (χ0) is 29.5. The van der Waals surface area contributed by atoms with Crippen molar-refractivity contribution in [2.45, 2.75) is 65.2 Å². The Kier molecular flexibility index (Phi) is 10.5. The maximum Gasteiger partial charge on any atom is 0.403 e. The Hall–Kier alpha value is -3.62. The second kappa shape index (κ2) is 13.0. The number of nitrogens with one attached hydrogen (secondary N) is 2. The molecule has 1 aromatic carbocycles. The van der Waals surface area contributed by atoms with Gasteiger partial charge in [-0.25, -0.2) is 0 Å². The van der Waals surface area contributed by atoms with Gasteiger partial charge >= 0.3 is 6.18 Å². The first-order valence-corrected chi connectivity index (χ1v) is 12.8. The van der Waals surface area contributed by atoms with Crippen LogP contribution in [-0.2, 0) is 19.2 Å². The third-order valence-electron chi connectivity index (χ3n) is 6.38. The largest absolute Gasteiger partial charge is 0.403 e. The molecule has 0 aromatic heterocycles. The second-order valence-corrected chi connectivity index (χ2v) is 10.7. The highest BCUT2D eigenvalue weighted by molar-refractivity contribution is 5.95. The third-order valence-corrected chi connectivity index (χ3v) is 6.38. The van der Waals surface area contributed by atoms with Gasteiger partial charge in [-0.2, -0.15) is 18.4 Å². The Balaban J connectivity index is 0.00000124. The number of benzene rings is 1. The molecule has 3 unspecified atom stereocenters. The van der Waals surface area contributed by atoms with Crippen LogP contribution in [0.5, 0.6) is 0 Å². The minimum Gasteiger partial charge on any atom is -0.344 e. The lowest BCUT2D eigenvalue weighted by Gasteiger charge is -2.27. The Morgan fingerprint density at radius 1 is 1.13 bits per heavy atom. The lowest BCUT2D eigenvalue weighted by Crippen LogP contribution is -2.52. The highest BCUT2D eigenvalue weighted by atomic mass is 19.4. The average Bonchev–Trinajstić information content (AvgIpc) is 3.57. The van der Waals surface area contributed by atoms with Crippen LogP contribution in [0.3, 0.4) is 0 Å². The molecule has 1 saturated carbocycles. The first-order valence-electron chi connectivity index (χ1n) is 12.8. The van der Waals surface area contributed by atoms with E-state index < -0.39 is 53.9 Å². The van der Waals surface area contributed by atoms with Crippen molar-refractivity contribution in [2.24, 2.45) is 17.3 Å². The molecular weight excluding hydrogens is 515 g/mol. The van der Waals surface area contributed by atoms with Crippen LogP contribution in [0.15, 0.2) is 30.3 Å². The van der Waals surface area contributed by atoms with Crippen molar-refractivity contribution >= 4 is 29.3 Å².